The van der Waals surface area contributed by atoms with E-state index in [2.05, 4.69) is 5.32 Å². The van der Waals surface area contributed by atoms with Crippen molar-refractivity contribution in [3.8, 4) is 6.07 Å². The molecule has 0 radical (unpaired) electrons. The number of halogens is 4. The van der Waals surface area contributed by atoms with E-state index in [1.54, 1.807) is 28.8 Å². The number of benzene rings is 2. The number of rotatable bonds is 3. The maximum atomic E-state index is 13.3. The van der Waals surface area contributed by atoms with Crippen LogP contribution >= 0.6 is 0 Å². The summed E-state index contributed by atoms with van der Waals surface area (Å²) in [5, 5.41) is 11.6. The molecule has 1 aliphatic heterocycles. The molecule has 31 heavy (non-hydrogen) atoms. The average Bonchev–Trinajstić information content (AvgIpc) is 2.86. The number of alkyl halides is 3. The summed E-state index contributed by atoms with van der Waals surface area (Å²) in [4.78, 5) is 12.7. The Morgan fingerprint density at radius 2 is 1.87 bits per heavy atom. The molecule has 1 aromatic heterocycles. The largest absolute Gasteiger partial charge is 1.00 e. The lowest BCUT2D eigenvalue weighted by Crippen LogP contribution is -3.00. The fourth-order valence-corrected chi connectivity index (χ4v) is 3.97. The topological polar surface area (TPSA) is 61.7 Å². The van der Waals surface area contributed by atoms with Crippen LogP contribution in [-0.4, -0.2) is 10.5 Å². The fourth-order valence-electron chi connectivity index (χ4n) is 3.97. The first-order chi connectivity index (χ1) is 14.4. The van der Waals surface area contributed by atoms with Crippen molar-refractivity contribution in [3.63, 3.8) is 0 Å². The van der Waals surface area contributed by atoms with Crippen LogP contribution in [0, 0.1) is 11.3 Å². The Bertz CT molecular complexity index is 1150. The smallest absolute Gasteiger partial charge is 0.416 e. The molecular formula is C22H20BrF3N4O. The van der Waals surface area contributed by atoms with E-state index in [0.717, 1.165) is 43.8 Å². The fraction of sp³-hybridized carbons (Fsp3) is 0.318. The molecule has 3 aromatic rings. The van der Waals surface area contributed by atoms with E-state index in [1.807, 2.05) is 10.6 Å². The highest BCUT2D eigenvalue weighted by Gasteiger charge is 2.34. The Morgan fingerprint density at radius 3 is 2.55 bits per heavy atom. The summed E-state index contributed by atoms with van der Waals surface area (Å²) in [6.07, 6.45) is -0.813. The molecule has 9 heteroatoms. The van der Waals surface area contributed by atoms with Crippen LogP contribution in [0.2, 0.25) is 0 Å². The van der Waals surface area contributed by atoms with Crippen molar-refractivity contribution < 1.29 is 39.5 Å². The van der Waals surface area contributed by atoms with Gasteiger partial charge in [0, 0.05) is 18.2 Å². The van der Waals surface area contributed by atoms with Crippen molar-refractivity contribution >= 4 is 22.6 Å². The first-order valence-corrected chi connectivity index (χ1v) is 9.79. The van der Waals surface area contributed by atoms with Crippen LogP contribution in [0.5, 0.6) is 0 Å². The highest BCUT2D eigenvalue weighted by Crippen LogP contribution is 2.32. The van der Waals surface area contributed by atoms with Crippen molar-refractivity contribution in [1.29, 1.82) is 5.26 Å². The van der Waals surface area contributed by atoms with Crippen LogP contribution < -0.4 is 26.9 Å². The molecule has 162 valence electrons. The first kappa shape index (κ1) is 22.8. The Kier molecular flexibility index (Phi) is 6.70. The minimum atomic E-state index is -4.45. The van der Waals surface area contributed by atoms with Gasteiger partial charge in [-0.3, -0.25) is 4.79 Å². The number of nitrogens with zero attached hydrogens (tertiary/aromatic N) is 3. The number of carbonyl (C=O) groups excluding carboxylic acids is 1. The number of fused-ring (bicyclic) bond motifs is 3. The normalized spacial score (nSPS) is 13.6. The molecule has 4 rings (SSSR count). The number of amides is 1. The minimum absolute atomic E-state index is 0. The first-order valence-electron chi connectivity index (χ1n) is 9.79. The van der Waals surface area contributed by atoms with Crippen LogP contribution in [0.3, 0.4) is 0 Å². The number of aryl methyl sites for hydroxylation is 1. The van der Waals surface area contributed by atoms with Crippen LogP contribution in [0.4, 0.5) is 18.9 Å². The number of anilines is 1. The average molecular weight is 493 g/mol. The summed E-state index contributed by atoms with van der Waals surface area (Å²) in [5.41, 5.74) is 1.41. The summed E-state index contributed by atoms with van der Waals surface area (Å²) in [5.74, 6) is 0.540. The van der Waals surface area contributed by atoms with Gasteiger partial charge in [-0.05, 0) is 55.7 Å². The third-order valence-corrected chi connectivity index (χ3v) is 5.39. The van der Waals surface area contributed by atoms with Gasteiger partial charge in [0.05, 0.1) is 23.7 Å². The van der Waals surface area contributed by atoms with Gasteiger partial charge in [0.2, 0.25) is 0 Å². The van der Waals surface area contributed by atoms with E-state index in [4.69, 9.17) is 5.26 Å². The molecule has 1 amide bonds. The molecule has 0 saturated heterocycles. The summed E-state index contributed by atoms with van der Waals surface area (Å²) >= 11 is 0. The van der Waals surface area contributed by atoms with Crippen LogP contribution in [0.25, 0.3) is 11.0 Å². The maximum Gasteiger partial charge on any atom is 0.416 e. The molecular weight excluding hydrogens is 473 g/mol. The highest BCUT2D eigenvalue weighted by molar-refractivity contribution is 5.91. The lowest BCUT2D eigenvalue weighted by Gasteiger charge is -2.07. The molecule has 1 N–H and O–H groups in total. The van der Waals surface area contributed by atoms with E-state index in [0.29, 0.717) is 28.7 Å². The van der Waals surface area contributed by atoms with Crippen molar-refractivity contribution in [3.05, 3.63) is 59.4 Å². The Morgan fingerprint density at radius 1 is 1.13 bits per heavy atom. The number of imidazole rings is 1. The van der Waals surface area contributed by atoms with Gasteiger partial charge in [0.15, 0.2) is 17.6 Å². The number of hydrogen-bond acceptors (Lipinski definition) is 2. The predicted octanol–water partition coefficient (Wildman–Crippen LogP) is 1.19. The second-order valence-corrected chi connectivity index (χ2v) is 7.40. The zero-order valence-corrected chi connectivity index (χ0v) is 18.1. The van der Waals surface area contributed by atoms with Gasteiger partial charge in [0.25, 0.3) is 11.7 Å². The molecule has 1 aliphatic rings. The molecule has 0 aliphatic carbocycles. The number of hydrogen-bond donors (Lipinski definition) is 1. The summed E-state index contributed by atoms with van der Waals surface area (Å²) in [7, 11) is 0. The Hall–Kier alpha value is -2.86. The molecule has 0 saturated carbocycles. The van der Waals surface area contributed by atoms with E-state index < -0.39 is 11.7 Å². The number of aromatic nitrogens is 2. The molecule has 0 atom stereocenters. The molecule has 2 heterocycles. The molecule has 2 aromatic carbocycles. The predicted molar refractivity (Wildman–Crippen MR) is 104 cm³/mol. The van der Waals surface area contributed by atoms with E-state index >= 15 is 0 Å². The second kappa shape index (κ2) is 9.10. The summed E-state index contributed by atoms with van der Waals surface area (Å²) in [6.45, 7) is 0.640. The lowest BCUT2D eigenvalue weighted by molar-refractivity contribution is -0.678. The Labute approximate surface area is 187 Å². The standard InChI is InChI=1S/C22H19F3N4O.BrH/c23-22(24,25)16-7-10-18-19(12-16)29(21-4-2-1-3-11-28(18)21)14-20(30)27-17-8-5-15(13-26)6-9-17;/h5-10,12H,1-4,11,14H2;1H. The van der Waals surface area contributed by atoms with E-state index in [-0.39, 0.29) is 29.4 Å². The zero-order chi connectivity index (χ0) is 21.3. The third-order valence-electron chi connectivity index (χ3n) is 5.39. The quantitative estimate of drug-likeness (QED) is 0.558. The SMILES string of the molecule is N#Cc1ccc(NC(=O)Cn2c3[n+](c4ccc(C(F)(F)F)cc42)CCCCC3)cc1.[Br-]. The van der Waals surface area contributed by atoms with Crippen LogP contribution in [0.1, 0.15) is 36.2 Å². The minimum Gasteiger partial charge on any atom is -1.00 e. The molecule has 5 nitrogen and oxygen atoms in total. The van der Waals surface area contributed by atoms with Crippen molar-refractivity contribution in [2.45, 2.75) is 44.9 Å². The van der Waals surface area contributed by atoms with Gasteiger partial charge in [0.1, 0.15) is 0 Å². The second-order valence-electron chi connectivity index (χ2n) is 7.40. The van der Waals surface area contributed by atoms with E-state index in [9.17, 15) is 18.0 Å². The number of nitrogens with one attached hydrogen (secondary N) is 1. The highest BCUT2D eigenvalue weighted by atomic mass is 79.9. The molecule has 0 unspecified atom stereocenters. The van der Waals surface area contributed by atoms with Gasteiger partial charge in [-0.2, -0.15) is 18.4 Å². The molecule has 0 fully saturated rings. The van der Waals surface area contributed by atoms with Gasteiger partial charge < -0.3 is 22.3 Å². The maximum absolute atomic E-state index is 13.3. The zero-order valence-electron chi connectivity index (χ0n) is 16.5. The van der Waals surface area contributed by atoms with E-state index in [1.165, 1.54) is 6.07 Å². The van der Waals surface area contributed by atoms with Crippen LogP contribution in [0.15, 0.2) is 42.5 Å². The molecule has 0 bridgehead atoms. The monoisotopic (exact) mass is 492 g/mol. The van der Waals surface area contributed by atoms with Crippen LogP contribution in [-0.2, 0) is 30.5 Å². The molecule has 0 spiro atoms. The van der Waals surface area contributed by atoms with Gasteiger partial charge >= 0.3 is 6.18 Å². The van der Waals surface area contributed by atoms with Gasteiger partial charge in [-0.1, -0.05) is 0 Å². The Balaban J connectivity index is 0.00000272. The van der Waals surface area contributed by atoms with Gasteiger partial charge in [-0.25, -0.2) is 9.13 Å². The lowest BCUT2D eigenvalue weighted by atomic mass is 10.2. The van der Waals surface area contributed by atoms with Gasteiger partial charge in [-0.15, -0.1) is 0 Å². The van der Waals surface area contributed by atoms with Crippen molar-refractivity contribution in [2.24, 2.45) is 0 Å². The van der Waals surface area contributed by atoms with Crippen molar-refractivity contribution in [1.82, 2.24) is 4.57 Å². The summed E-state index contributed by atoms with van der Waals surface area (Å²) in [6, 6.07) is 12.2. The third kappa shape index (κ3) is 4.74. The number of carbonyl (C=O) groups is 1. The number of nitriles is 1. The van der Waals surface area contributed by atoms with Crippen molar-refractivity contribution in [2.75, 3.05) is 5.32 Å². The summed E-state index contributed by atoms with van der Waals surface area (Å²) < 4.78 is 43.6.